The molecule has 36 heavy (non-hydrogen) atoms. The van der Waals surface area contributed by atoms with Gasteiger partial charge >= 0.3 is 0 Å². The van der Waals surface area contributed by atoms with Gasteiger partial charge in [0.25, 0.3) is 5.91 Å². The number of likely N-dealkylation sites (N-methyl/N-ethyl adjacent to an activating group) is 1. The van der Waals surface area contributed by atoms with E-state index in [0.717, 1.165) is 31.9 Å². The molecule has 1 spiro atoms. The monoisotopic (exact) mass is 494 g/mol. The number of halogens is 1. The molecule has 8 nitrogen and oxygen atoms in total. The van der Waals surface area contributed by atoms with Crippen molar-refractivity contribution in [3.05, 3.63) is 64.0 Å². The van der Waals surface area contributed by atoms with Crippen LogP contribution < -0.4 is 21.6 Å². The van der Waals surface area contributed by atoms with Crippen LogP contribution in [0.3, 0.4) is 0 Å². The van der Waals surface area contributed by atoms with Crippen LogP contribution in [0.5, 0.6) is 0 Å². The first-order chi connectivity index (χ1) is 17.2. The van der Waals surface area contributed by atoms with E-state index in [0.29, 0.717) is 40.7 Å². The molecule has 1 amide bonds. The normalized spacial score (nSPS) is 24.2. The van der Waals surface area contributed by atoms with E-state index in [2.05, 4.69) is 28.0 Å². The second kappa shape index (κ2) is 10.3. The van der Waals surface area contributed by atoms with Crippen molar-refractivity contribution in [2.24, 2.45) is 13.0 Å². The lowest BCUT2D eigenvalue weighted by Crippen LogP contribution is -2.77. The van der Waals surface area contributed by atoms with Crippen LogP contribution in [0, 0.1) is 24.1 Å². The zero-order valence-corrected chi connectivity index (χ0v) is 21.3. The fourth-order valence-electron chi connectivity index (χ4n) is 5.40. The Kier molecular flexibility index (Phi) is 7.31. The van der Waals surface area contributed by atoms with Crippen molar-refractivity contribution in [1.82, 2.24) is 20.2 Å². The smallest absolute Gasteiger partial charge is 0.267 e. The average Bonchev–Trinajstić information content (AvgIpc) is 2.86. The van der Waals surface area contributed by atoms with Crippen LogP contribution >= 0.6 is 0 Å². The number of hydrogen-bond acceptors (Lipinski definition) is 6. The average molecular weight is 495 g/mol. The molecule has 1 aromatic heterocycles. The molecule has 0 radical (unpaired) electrons. The van der Waals surface area contributed by atoms with Gasteiger partial charge in [-0.1, -0.05) is 6.92 Å². The lowest BCUT2D eigenvalue weighted by atomic mass is 9.67. The molecule has 4 N–H and O–H groups in total. The van der Waals surface area contributed by atoms with Crippen molar-refractivity contribution >= 4 is 17.8 Å². The van der Waals surface area contributed by atoms with Crippen LogP contribution in [0.1, 0.15) is 38.3 Å². The van der Waals surface area contributed by atoms with E-state index in [9.17, 15) is 9.59 Å². The number of aromatic nitrogens is 1. The molecule has 0 unspecified atom stereocenters. The third-order valence-corrected chi connectivity index (χ3v) is 7.90. The number of nitrogens with zero attached hydrogens (tertiary/aromatic N) is 2. The molecule has 2 fully saturated rings. The number of hydrazine groups is 1. The molecule has 1 aliphatic carbocycles. The van der Waals surface area contributed by atoms with E-state index >= 15 is 4.39 Å². The van der Waals surface area contributed by atoms with Crippen molar-refractivity contribution < 1.29 is 9.18 Å². The van der Waals surface area contributed by atoms with Gasteiger partial charge in [-0.25, -0.2) is 9.40 Å². The van der Waals surface area contributed by atoms with Crippen LogP contribution in [0.15, 0.2) is 46.9 Å². The van der Waals surface area contributed by atoms with Gasteiger partial charge in [-0.3, -0.25) is 9.59 Å². The third kappa shape index (κ3) is 4.67. The first-order valence-corrected chi connectivity index (χ1v) is 12.4. The Morgan fingerprint density at radius 3 is 2.53 bits per heavy atom. The van der Waals surface area contributed by atoms with Gasteiger partial charge in [0.2, 0.25) is 5.56 Å². The maximum Gasteiger partial charge on any atom is 0.267 e. The minimum Gasteiger partial charge on any atom is -0.384 e. The predicted octanol–water partition coefficient (Wildman–Crippen LogP) is 3.33. The number of pyridine rings is 1. The van der Waals surface area contributed by atoms with E-state index in [-0.39, 0.29) is 28.9 Å². The summed E-state index contributed by atoms with van der Waals surface area (Å²) in [4.78, 5) is 24.6. The van der Waals surface area contributed by atoms with Gasteiger partial charge in [-0.05, 0) is 68.9 Å². The standard InChI is InChI=1S/C27H35FN6O2/c1-17-9-12-27(13-10-17)24(31-26(36)23(30-3)11-14-29)16-34(27)32-19-5-6-21(22(28)15-19)20-7-8-25(35)33(4)18(20)2/h5-8,11,14-15,17,24,29-30,32H,9-10,12-13,16H2,1-4H3,(H,31,36)/b23-11-,29-14?/t17-,24-,27+/m1/s1. The summed E-state index contributed by atoms with van der Waals surface area (Å²) in [5.41, 5.74) is 5.84. The van der Waals surface area contributed by atoms with Gasteiger partial charge in [0.15, 0.2) is 0 Å². The number of carbonyl (C=O) groups is 1. The number of nitrogens with one attached hydrogen (secondary N) is 4. The Bertz CT molecular complexity index is 1250. The van der Waals surface area contributed by atoms with Crippen molar-refractivity contribution in [2.45, 2.75) is 51.1 Å². The van der Waals surface area contributed by atoms with Gasteiger partial charge < -0.3 is 26.0 Å². The Balaban J connectivity index is 1.54. The first-order valence-electron chi connectivity index (χ1n) is 12.4. The van der Waals surface area contributed by atoms with Crippen molar-refractivity contribution in [1.29, 1.82) is 5.41 Å². The van der Waals surface area contributed by atoms with Crippen LogP contribution in [-0.4, -0.2) is 46.9 Å². The van der Waals surface area contributed by atoms with Crippen molar-refractivity contribution in [2.75, 3.05) is 19.0 Å². The summed E-state index contributed by atoms with van der Waals surface area (Å²) in [5, 5.41) is 15.4. The molecule has 0 bridgehead atoms. The quantitative estimate of drug-likeness (QED) is 0.349. The first kappa shape index (κ1) is 25.6. The number of benzene rings is 1. The van der Waals surface area contributed by atoms with Gasteiger partial charge in [-0.2, -0.15) is 0 Å². The second-order valence-electron chi connectivity index (χ2n) is 9.96. The molecule has 1 saturated carbocycles. The maximum absolute atomic E-state index is 15.2. The summed E-state index contributed by atoms with van der Waals surface area (Å²) in [6.07, 6.45) is 6.49. The fourth-order valence-corrected chi connectivity index (χ4v) is 5.40. The van der Waals surface area contributed by atoms with E-state index in [1.165, 1.54) is 22.8 Å². The molecule has 2 aromatic rings. The highest BCUT2D eigenvalue weighted by molar-refractivity contribution is 5.96. The van der Waals surface area contributed by atoms with Crippen LogP contribution in [0.25, 0.3) is 11.1 Å². The molecule has 1 aliphatic heterocycles. The summed E-state index contributed by atoms with van der Waals surface area (Å²) in [6.45, 7) is 4.64. The molecule has 1 aromatic carbocycles. The number of carbonyl (C=O) groups excluding carboxylic acids is 1. The topological polar surface area (TPSA) is 102 Å². The SMILES string of the molecule is CN/C(=C\C=N)C(=O)N[C@@H]1CN(Nc2ccc(-c3ccc(=O)n(C)c3C)c(F)c2)[C@]12CC[C@@H](C)CC2. The lowest BCUT2D eigenvalue weighted by molar-refractivity contribution is -0.125. The minimum atomic E-state index is -0.367. The molecule has 4 rings (SSSR count). The van der Waals surface area contributed by atoms with Gasteiger partial charge in [0.05, 0.1) is 17.3 Å². The molecule has 2 aliphatic rings. The Hall–Kier alpha value is -3.46. The molecule has 2 heterocycles. The molecule has 1 atom stereocenters. The second-order valence-corrected chi connectivity index (χ2v) is 9.96. The van der Waals surface area contributed by atoms with Gasteiger partial charge in [-0.15, -0.1) is 0 Å². The van der Waals surface area contributed by atoms with E-state index in [1.54, 1.807) is 33.2 Å². The summed E-state index contributed by atoms with van der Waals surface area (Å²) in [5.74, 6) is 0.0301. The maximum atomic E-state index is 15.2. The zero-order valence-electron chi connectivity index (χ0n) is 21.3. The number of anilines is 1. The van der Waals surface area contributed by atoms with Crippen LogP contribution in [-0.2, 0) is 11.8 Å². The van der Waals surface area contributed by atoms with E-state index in [1.807, 2.05) is 6.07 Å². The van der Waals surface area contributed by atoms with Gasteiger partial charge in [0, 0.05) is 49.7 Å². The predicted molar refractivity (Wildman–Crippen MR) is 140 cm³/mol. The zero-order chi connectivity index (χ0) is 26.0. The largest absolute Gasteiger partial charge is 0.384 e. The van der Waals surface area contributed by atoms with E-state index < -0.39 is 0 Å². The van der Waals surface area contributed by atoms with Crippen molar-refractivity contribution in [3.8, 4) is 11.1 Å². The summed E-state index contributed by atoms with van der Waals surface area (Å²) in [7, 11) is 3.34. The molecule has 192 valence electrons. The van der Waals surface area contributed by atoms with Crippen molar-refractivity contribution in [3.63, 3.8) is 0 Å². The molecule has 9 heteroatoms. The highest BCUT2D eigenvalue weighted by atomic mass is 19.1. The fraction of sp³-hybridized carbons (Fsp3) is 0.444. The summed E-state index contributed by atoms with van der Waals surface area (Å²) >= 11 is 0. The third-order valence-electron chi connectivity index (χ3n) is 7.90. The Morgan fingerprint density at radius 2 is 1.89 bits per heavy atom. The Morgan fingerprint density at radius 1 is 1.19 bits per heavy atom. The van der Waals surface area contributed by atoms with Crippen LogP contribution in [0.2, 0.25) is 0 Å². The minimum absolute atomic E-state index is 0.0511. The number of rotatable bonds is 7. The number of allylic oxidation sites excluding steroid dienone is 1. The molecular weight excluding hydrogens is 459 g/mol. The number of hydrogen-bond donors (Lipinski definition) is 4. The lowest BCUT2D eigenvalue weighted by Gasteiger charge is -2.61. The van der Waals surface area contributed by atoms with Crippen LogP contribution in [0.4, 0.5) is 10.1 Å². The molecular formula is C27H35FN6O2. The highest BCUT2D eigenvalue weighted by Crippen LogP contribution is 2.45. The van der Waals surface area contributed by atoms with Gasteiger partial charge in [0.1, 0.15) is 11.5 Å². The summed E-state index contributed by atoms with van der Waals surface area (Å²) in [6, 6.07) is 8.13. The molecule has 1 saturated heterocycles. The highest BCUT2D eigenvalue weighted by Gasteiger charge is 2.55. The summed E-state index contributed by atoms with van der Waals surface area (Å²) < 4.78 is 16.7. The Labute approximate surface area is 211 Å². The van der Waals surface area contributed by atoms with E-state index in [4.69, 9.17) is 5.41 Å². The number of amides is 1.